The van der Waals surface area contributed by atoms with Crippen molar-refractivity contribution in [3.05, 3.63) is 47.5 Å². The van der Waals surface area contributed by atoms with E-state index in [1.807, 2.05) is 30.2 Å². The Bertz CT molecular complexity index is 569. The molecule has 1 atom stereocenters. The molecule has 1 aliphatic heterocycles. The fourth-order valence-electron chi connectivity index (χ4n) is 2.86. The van der Waals surface area contributed by atoms with Crippen LogP contribution in [0.25, 0.3) is 0 Å². The summed E-state index contributed by atoms with van der Waals surface area (Å²) in [5.74, 6) is 0. The number of rotatable bonds is 3. The average Bonchev–Trinajstić information content (AvgIpc) is 2.78. The molecule has 21 heavy (non-hydrogen) atoms. The number of nitrogens with one attached hydrogen (secondary N) is 1. The van der Waals surface area contributed by atoms with E-state index in [0.29, 0.717) is 6.04 Å². The lowest BCUT2D eigenvalue weighted by molar-refractivity contribution is 0.153. The van der Waals surface area contributed by atoms with Gasteiger partial charge in [-0.3, -0.25) is 14.6 Å². The Balaban J connectivity index is 0.00000161. The van der Waals surface area contributed by atoms with Crippen molar-refractivity contribution in [3.63, 3.8) is 0 Å². The van der Waals surface area contributed by atoms with Crippen molar-refractivity contribution in [3.8, 4) is 0 Å². The lowest BCUT2D eigenvalue weighted by Crippen LogP contribution is -2.45. The second kappa shape index (κ2) is 7.02. The van der Waals surface area contributed by atoms with Gasteiger partial charge in [-0.25, -0.2) is 0 Å². The predicted molar refractivity (Wildman–Crippen MR) is 85.5 cm³/mol. The fraction of sp³-hybridized carbons (Fsp3) is 0.467. The van der Waals surface area contributed by atoms with Crippen LogP contribution in [0.5, 0.6) is 0 Å². The molecule has 0 radical (unpaired) electrons. The molecule has 3 rings (SSSR count). The maximum absolute atomic E-state index is 4.44. The molecule has 5 nitrogen and oxygen atoms in total. The van der Waals surface area contributed by atoms with Crippen LogP contribution in [0, 0.1) is 6.92 Å². The highest BCUT2D eigenvalue weighted by atomic mass is 35.5. The first-order chi connectivity index (χ1) is 9.74. The smallest absolute Gasteiger partial charge is 0.0638 e. The molecule has 1 aliphatic rings. The number of aromatic nitrogens is 3. The van der Waals surface area contributed by atoms with Crippen molar-refractivity contribution < 1.29 is 0 Å². The average molecular weight is 308 g/mol. The van der Waals surface area contributed by atoms with E-state index in [9.17, 15) is 0 Å². The predicted octanol–water partition coefficient (Wildman–Crippen LogP) is 1.69. The standard InChI is InChI=1S/C15H21N5.ClH/c1-12-14(10-19(2)18-12)11-20-7-6-17-9-15(20)13-4-3-5-16-8-13;/h3-5,8,10,15,17H,6-7,9,11H2,1-2H3;1H. The molecule has 1 fully saturated rings. The van der Waals surface area contributed by atoms with Gasteiger partial charge in [-0.1, -0.05) is 6.07 Å². The quantitative estimate of drug-likeness (QED) is 0.937. The monoisotopic (exact) mass is 307 g/mol. The molecule has 1 unspecified atom stereocenters. The summed E-state index contributed by atoms with van der Waals surface area (Å²) in [5, 5.41) is 7.91. The molecular formula is C15H22ClN5. The van der Waals surface area contributed by atoms with Gasteiger partial charge < -0.3 is 5.32 Å². The third-order valence-corrected chi connectivity index (χ3v) is 3.91. The van der Waals surface area contributed by atoms with Gasteiger partial charge in [0.1, 0.15) is 0 Å². The lowest BCUT2D eigenvalue weighted by Gasteiger charge is -2.36. The first-order valence-electron chi connectivity index (χ1n) is 7.08. The van der Waals surface area contributed by atoms with Gasteiger partial charge in [-0.05, 0) is 18.6 Å². The molecule has 0 amide bonds. The molecular weight excluding hydrogens is 286 g/mol. The van der Waals surface area contributed by atoms with Crippen molar-refractivity contribution >= 4 is 12.4 Å². The minimum absolute atomic E-state index is 0. The molecule has 114 valence electrons. The van der Waals surface area contributed by atoms with Gasteiger partial charge in [0.15, 0.2) is 0 Å². The number of hydrogen-bond donors (Lipinski definition) is 1. The van der Waals surface area contributed by atoms with Gasteiger partial charge in [0.25, 0.3) is 0 Å². The fourth-order valence-corrected chi connectivity index (χ4v) is 2.86. The lowest BCUT2D eigenvalue weighted by atomic mass is 10.0. The van der Waals surface area contributed by atoms with Crippen LogP contribution in [0.4, 0.5) is 0 Å². The summed E-state index contributed by atoms with van der Waals surface area (Å²) in [5.41, 5.74) is 3.71. The van der Waals surface area contributed by atoms with Crippen LogP contribution in [-0.4, -0.2) is 39.3 Å². The number of piperazine rings is 1. The Labute approximate surface area is 131 Å². The highest BCUT2D eigenvalue weighted by molar-refractivity contribution is 5.85. The number of halogens is 1. The van der Waals surface area contributed by atoms with Crippen LogP contribution in [-0.2, 0) is 13.6 Å². The normalized spacial score (nSPS) is 19.2. The van der Waals surface area contributed by atoms with E-state index in [4.69, 9.17) is 0 Å². The third kappa shape index (κ3) is 3.61. The van der Waals surface area contributed by atoms with Crippen molar-refractivity contribution in [2.75, 3.05) is 19.6 Å². The minimum atomic E-state index is 0. The van der Waals surface area contributed by atoms with E-state index >= 15 is 0 Å². The van der Waals surface area contributed by atoms with Gasteiger partial charge in [0.05, 0.1) is 5.69 Å². The van der Waals surface area contributed by atoms with Crippen LogP contribution >= 0.6 is 12.4 Å². The first kappa shape index (κ1) is 15.9. The Kier molecular flexibility index (Phi) is 5.33. The van der Waals surface area contributed by atoms with E-state index in [-0.39, 0.29) is 12.4 Å². The highest BCUT2D eigenvalue weighted by Crippen LogP contribution is 2.24. The van der Waals surface area contributed by atoms with E-state index < -0.39 is 0 Å². The van der Waals surface area contributed by atoms with Crippen LogP contribution in [0.2, 0.25) is 0 Å². The van der Waals surface area contributed by atoms with Gasteiger partial charge in [0, 0.05) is 63.4 Å². The summed E-state index contributed by atoms with van der Waals surface area (Å²) >= 11 is 0. The first-order valence-corrected chi connectivity index (χ1v) is 7.08. The summed E-state index contributed by atoms with van der Waals surface area (Å²) in [4.78, 5) is 6.76. The molecule has 0 spiro atoms. The largest absolute Gasteiger partial charge is 0.314 e. The summed E-state index contributed by atoms with van der Waals surface area (Å²) in [6.45, 7) is 6.09. The van der Waals surface area contributed by atoms with Gasteiger partial charge in [-0.15, -0.1) is 12.4 Å². The van der Waals surface area contributed by atoms with E-state index in [0.717, 1.165) is 31.9 Å². The summed E-state index contributed by atoms with van der Waals surface area (Å²) < 4.78 is 1.89. The zero-order valence-electron chi connectivity index (χ0n) is 12.5. The molecule has 2 aromatic rings. The van der Waals surface area contributed by atoms with Crippen LogP contribution in [0.3, 0.4) is 0 Å². The van der Waals surface area contributed by atoms with E-state index in [1.165, 1.54) is 11.1 Å². The van der Waals surface area contributed by atoms with E-state index in [1.54, 1.807) is 0 Å². The zero-order chi connectivity index (χ0) is 13.9. The maximum Gasteiger partial charge on any atom is 0.0638 e. The van der Waals surface area contributed by atoms with Gasteiger partial charge in [-0.2, -0.15) is 5.10 Å². The SMILES string of the molecule is Cc1nn(C)cc1CN1CCNCC1c1cccnc1.Cl. The molecule has 6 heteroatoms. The van der Waals surface area contributed by atoms with Gasteiger partial charge >= 0.3 is 0 Å². The molecule has 0 aliphatic carbocycles. The molecule has 1 N–H and O–H groups in total. The number of pyridine rings is 1. The second-order valence-electron chi connectivity index (χ2n) is 5.39. The third-order valence-electron chi connectivity index (χ3n) is 3.91. The number of hydrogen-bond acceptors (Lipinski definition) is 4. The van der Waals surface area contributed by atoms with Crippen LogP contribution in [0.1, 0.15) is 22.9 Å². The van der Waals surface area contributed by atoms with Crippen molar-refractivity contribution in [1.82, 2.24) is 25.0 Å². The molecule has 0 aromatic carbocycles. The number of aryl methyl sites for hydroxylation is 2. The van der Waals surface area contributed by atoms with Crippen molar-refractivity contribution in [2.24, 2.45) is 7.05 Å². The Hall–Kier alpha value is -1.43. The highest BCUT2D eigenvalue weighted by Gasteiger charge is 2.24. The molecule has 0 bridgehead atoms. The Morgan fingerprint density at radius 1 is 1.43 bits per heavy atom. The molecule has 0 saturated carbocycles. The van der Waals surface area contributed by atoms with Gasteiger partial charge in [0.2, 0.25) is 0 Å². The molecule has 3 heterocycles. The molecule has 2 aromatic heterocycles. The van der Waals surface area contributed by atoms with Crippen LogP contribution < -0.4 is 5.32 Å². The minimum Gasteiger partial charge on any atom is -0.314 e. The Morgan fingerprint density at radius 3 is 2.95 bits per heavy atom. The van der Waals surface area contributed by atoms with Crippen LogP contribution in [0.15, 0.2) is 30.7 Å². The van der Waals surface area contributed by atoms with E-state index in [2.05, 4.69) is 39.5 Å². The van der Waals surface area contributed by atoms with Crippen molar-refractivity contribution in [2.45, 2.75) is 19.5 Å². The summed E-state index contributed by atoms with van der Waals surface area (Å²) in [6, 6.07) is 4.56. The zero-order valence-corrected chi connectivity index (χ0v) is 13.3. The van der Waals surface area contributed by atoms with Crippen molar-refractivity contribution in [1.29, 1.82) is 0 Å². The summed E-state index contributed by atoms with van der Waals surface area (Å²) in [6.07, 6.45) is 5.92. The summed E-state index contributed by atoms with van der Waals surface area (Å²) in [7, 11) is 1.98. The maximum atomic E-state index is 4.44. The Morgan fingerprint density at radius 2 is 2.29 bits per heavy atom. The topological polar surface area (TPSA) is 46.0 Å². The molecule has 1 saturated heterocycles. The second-order valence-corrected chi connectivity index (χ2v) is 5.39. The number of nitrogens with zero attached hydrogens (tertiary/aromatic N) is 4.